The van der Waals surface area contributed by atoms with Crippen LogP contribution in [-0.2, 0) is 14.3 Å². The molecular formula is C21H18I2N2O5S. The largest absolute Gasteiger partial charge is 0.497 e. The second-order valence-corrected chi connectivity index (χ2v) is 9.10. The lowest BCUT2D eigenvalue weighted by atomic mass is 10.1. The normalized spacial score (nSPS) is 14.9. The number of ether oxygens (including phenoxy) is 3. The molecule has 0 unspecified atom stereocenters. The summed E-state index contributed by atoms with van der Waals surface area (Å²) in [5.74, 6) is 0.423. The Morgan fingerprint density at radius 3 is 2.35 bits per heavy atom. The number of carbonyl (C=O) groups excluding carboxylic acids is 2. The van der Waals surface area contributed by atoms with Gasteiger partial charge in [-0.3, -0.25) is 14.5 Å². The van der Waals surface area contributed by atoms with E-state index in [1.807, 2.05) is 12.1 Å². The minimum Gasteiger partial charge on any atom is -0.497 e. The van der Waals surface area contributed by atoms with Crippen LogP contribution < -0.4 is 14.4 Å². The molecule has 0 N–H and O–H groups in total. The molecule has 3 rings (SSSR count). The van der Waals surface area contributed by atoms with Crippen LogP contribution in [0.25, 0.3) is 6.08 Å². The number of halogens is 2. The highest BCUT2D eigenvalue weighted by Crippen LogP contribution is 2.34. The van der Waals surface area contributed by atoms with Gasteiger partial charge in [0.1, 0.15) is 23.7 Å². The molecule has 0 saturated carbocycles. The highest BCUT2D eigenvalue weighted by molar-refractivity contribution is 14.1. The Morgan fingerprint density at radius 2 is 1.77 bits per heavy atom. The van der Waals surface area contributed by atoms with Crippen LogP contribution in [0.4, 0.5) is 5.69 Å². The first-order valence-electron chi connectivity index (χ1n) is 8.92. The van der Waals surface area contributed by atoms with Gasteiger partial charge in [0.05, 0.1) is 30.6 Å². The molecule has 0 atom stereocenters. The van der Waals surface area contributed by atoms with Gasteiger partial charge in [-0.05, 0) is 99.9 Å². The Labute approximate surface area is 212 Å². The van der Waals surface area contributed by atoms with Crippen LogP contribution in [0.5, 0.6) is 11.5 Å². The average molecular weight is 664 g/mol. The Balaban J connectivity index is 2.12. The summed E-state index contributed by atoms with van der Waals surface area (Å²) in [6.07, 6.45) is 1.68. The van der Waals surface area contributed by atoms with Gasteiger partial charge in [0.25, 0.3) is 5.91 Å². The lowest BCUT2D eigenvalue weighted by molar-refractivity contribution is -0.140. The molecule has 162 valence electrons. The van der Waals surface area contributed by atoms with Crippen molar-refractivity contribution >= 4 is 86.2 Å². The summed E-state index contributed by atoms with van der Waals surface area (Å²) in [6.45, 7) is -0.192. The van der Waals surface area contributed by atoms with E-state index in [0.29, 0.717) is 22.7 Å². The maximum Gasteiger partial charge on any atom is 0.325 e. The molecule has 0 aliphatic carbocycles. The fourth-order valence-corrected chi connectivity index (χ4v) is 5.50. The quantitative estimate of drug-likeness (QED) is 0.200. The lowest BCUT2D eigenvalue weighted by Crippen LogP contribution is -2.35. The number of thiocarbonyl (C=S) groups is 1. The molecule has 1 saturated heterocycles. The van der Waals surface area contributed by atoms with E-state index in [1.54, 1.807) is 44.6 Å². The predicted molar refractivity (Wildman–Crippen MR) is 138 cm³/mol. The highest BCUT2D eigenvalue weighted by atomic mass is 127. The molecule has 2 aromatic carbocycles. The topological polar surface area (TPSA) is 68.3 Å². The van der Waals surface area contributed by atoms with Crippen LogP contribution in [0.2, 0.25) is 0 Å². The first-order chi connectivity index (χ1) is 14.8. The van der Waals surface area contributed by atoms with Crippen molar-refractivity contribution in [3.63, 3.8) is 0 Å². The van der Waals surface area contributed by atoms with E-state index in [4.69, 9.17) is 26.4 Å². The number of nitrogens with zero attached hydrogens (tertiary/aromatic N) is 2. The van der Waals surface area contributed by atoms with E-state index in [1.165, 1.54) is 16.9 Å². The van der Waals surface area contributed by atoms with Gasteiger partial charge >= 0.3 is 5.97 Å². The number of rotatable bonds is 6. The van der Waals surface area contributed by atoms with E-state index < -0.39 is 5.97 Å². The second kappa shape index (κ2) is 10.1. The molecule has 1 aliphatic rings. The minimum absolute atomic E-state index is 0.186. The van der Waals surface area contributed by atoms with E-state index >= 15 is 0 Å². The van der Waals surface area contributed by atoms with Crippen molar-refractivity contribution in [1.82, 2.24) is 4.90 Å². The summed E-state index contributed by atoms with van der Waals surface area (Å²) in [5, 5.41) is 0.186. The molecule has 0 radical (unpaired) electrons. The molecule has 1 heterocycles. The average Bonchev–Trinajstić information content (AvgIpc) is 2.97. The fourth-order valence-electron chi connectivity index (χ4n) is 3.04. The van der Waals surface area contributed by atoms with Gasteiger partial charge in [-0.25, -0.2) is 0 Å². The minimum atomic E-state index is -0.512. The smallest absolute Gasteiger partial charge is 0.325 e. The number of methoxy groups -OCH3 is 3. The molecule has 1 aliphatic heterocycles. The van der Waals surface area contributed by atoms with Crippen molar-refractivity contribution in [3.8, 4) is 11.5 Å². The molecule has 2 aromatic rings. The Bertz CT molecular complexity index is 1070. The summed E-state index contributed by atoms with van der Waals surface area (Å²) in [6, 6.07) is 10.8. The molecule has 0 bridgehead atoms. The third kappa shape index (κ3) is 4.95. The Hall–Kier alpha value is -1.93. The van der Waals surface area contributed by atoms with Crippen molar-refractivity contribution in [2.24, 2.45) is 0 Å². The number of benzene rings is 2. The third-order valence-corrected chi connectivity index (χ3v) is 6.34. The van der Waals surface area contributed by atoms with Crippen LogP contribution in [0, 0.1) is 7.14 Å². The summed E-state index contributed by atoms with van der Waals surface area (Å²) < 4.78 is 17.4. The molecule has 0 spiro atoms. The van der Waals surface area contributed by atoms with Gasteiger partial charge in [-0.1, -0.05) is 0 Å². The summed E-state index contributed by atoms with van der Waals surface area (Å²) in [4.78, 5) is 28.3. The summed E-state index contributed by atoms with van der Waals surface area (Å²) >= 11 is 9.95. The van der Waals surface area contributed by atoms with Crippen molar-refractivity contribution < 1.29 is 23.8 Å². The molecule has 0 aromatic heterocycles. The van der Waals surface area contributed by atoms with Crippen molar-refractivity contribution in [3.05, 3.63) is 54.8 Å². The fraction of sp³-hybridized carbons (Fsp3) is 0.190. The van der Waals surface area contributed by atoms with Crippen molar-refractivity contribution in [1.29, 1.82) is 0 Å². The first-order valence-corrected chi connectivity index (χ1v) is 11.5. The maximum atomic E-state index is 13.4. The summed E-state index contributed by atoms with van der Waals surface area (Å²) in [7, 11) is 4.43. The Kier molecular flexibility index (Phi) is 7.75. The van der Waals surface area contributed by atoms with E-state index in [0.717, 1.165) is 7.14 Å². The standard InChI is InChI=1S/C21H18I2N2O5S/c1-28-15-6-4-14(5-7-15)25-20(27)17(24(21(25)31)11-18(26)29-2)9-12-8-13(22)10-16(23)19(12)30-3/h4-10H,11H2,1-3H3/b17-9-. The number of anilines is 1. The van der Waals surface area contributed by atoms with Gasteiger partial charge in [-0.2, -0.15) is 0 Å². The monoisotopic (exact) mass is 664 g/mol. The zero-order valence-electron chi connectivity index (χ0n) is 16.8. The Morgan fingerprint density at radius 1 is 1.10 bits per heavy atom. The lowest BCUT2D eigenvalue weighted by Gasteiger charge is -2.19. The number of esters is 1. The van der Waals surface area contributed by atoms with Crippen LogP contribution in [0.3, 0.4) is 0 Å². The van der Waals surface area contributed by atoms with Crippen molar-refractivity contribution in [2.75, 3.05) is 32.8 Å². The summed E-state index contributed by atoms with van der Waals surface area (Å²) in [5.41, 5.74) is 1.52. The zero-order chi connectivity index (χ0) is 22.7. The molecule has 1 amide bonds. The third-order valence-electron chi connectivity index (χ3n) is 4.51. The van der Waals surface area contributed by atoms with E-state index in [9.17, 15) is 9.59 Å². The molecule has 1 fully saturated rings. The van der Waals surface area contributed by atoms with Crippen LogP contribution in [-0.4, -0.2) is 49.8 Å². The molecule has 7 nitrogen and oxygen atoms in total. The number of hydrogen-bond donors (Lipinski definition) is 0. The molecular weight excluding hydrogens is 646 g/mol. The molecule has 31 heavy (non-hydrogen) atoms. The SMILES string of the molecule is COC(=O)CN1C(=S)N(c2ccc(OC)cc2)C(=O)/C1=C/c1cc(I)cc(I)c1OC. The highest BCUT2D eigenvalue weighted by Gasteiger charge is 2.40. The van der Waals surface area contributed by atoms with Crippen LogP contribution >= 0.6 is 57.4 Å². The number of hydrogen-bond acceptors (Lipinski definition) is 6. The van der Waals surface area contributed by atoms with Gasteiger partial charge in [-0.15, -0.1) is 0 Å². The van der Waals surface area contributed by atoms with Crippen LogP contribution in [0.15, 0.2) is 42.1 Å². The predicted octanol–water partition coefficient (Wildman–Crippen LogP) is 4.06. The van der Waals surface area contributed by atoms with Crippen molar-refractivity contribution in [2.45, 2.75) is 0 Å². The van der Waals surface area contributed by atoms with Gasteiger partial charge in [0, 0.05) is 9.13 Å². The zero-order valence-corrected chi connectivity index (χ0v) is 22.0. The maximum absolute atomic E-state index is 13.4. The molecule has 10 heteroatoms. The number of amides is 1. The van der Waals surface area contributed by atoms with Gasteiger partial charge in [0.15, 0.2) is 5.11 Å². The van der Waals surface area contributed by atoms with E-state index in [2.05, 4.69) is 45.2 Å². The second-order valence-electron chi connectivity index (χ2n) is 6.32. The van der Waals surface area contributed by atoms with Gasteiger partial charge < -0.3 is 19.1 Å². The number of carbonyl (C=O) groups is 2. The van der Waals surface area contributed by atoms with Crippen LogP contribution in [0.1, 0.15) is 5.56 Å². The first kappa shape index (κ1) is 23.7. The van der Waals surface area contributed by atoms with Gasteiger partial charge in [0.2, 0.25) is 0 Å². The van der Waals surface area contributed by atoms with E-state index in [-0.39, 0.29) is 23.3 Å².